The third kappa shape index (κ3) is 2.14. The third-order valence-electron chi connectivity index (χ3n) is 3.03. The molecule has 3 rings (SSSR count). The summed E-state index contributed by atoms with van der Waals surface area (Å²) < 4.78 is 0. The molecule has 0 aliphatic rings. The Kier molecular flexibility index (Phi) is 2.87. The SMILES string of the molecule is N#CCc1cnccc1Nc1c[nH]c2ccccc12. The number of hydrogen-bond acceptors (Lipinski definition) is 3. The van der Waals surface area contributed by atoms with Crippen LogP contribution in [0.4, 0.5) is 11.4 Å². The van der Waals surface area contributed by atoms with Gasteiger partial charge in [0.2, 0.25) is 0 Å². The van der Waals surface area contributed by atoms with E-state index in [4.69, 9.17) is 5.26 Å². The van der Waals surface area contributed by atoms with Crippen LogP contribution in [0.5, 0.6) is 0 Å². The largest absolute Gasteiger partial charge is 0.359 e. The molecule has 0 aliphatic carbocycles. The number of para-hydroxylation sites is 1. The first kappa shape index (κ1) is 11.3. The first-order valence-electron chi connectivity index (χ1n) is 6.01. The van der Waals surface area contributed by atoms with Crippen LogP contribution in [0.2, 0.25) is 0 Å². The normalized spacial score (nSPS) is 10.3. The maximum Gasteiger partial charge on any atom is 0.0671 e. The Bertz CT molecular complexity index is 752. The molecule has 2 aromatic heterocycles. The maximum absolute atomic E-state index is 8.83. The number of hydrogen-bond donors (Lipinski definition) is 2. The zero-order valence-electron chi connectivity index (χ0n) is 10.2. The molecule has 2 N–H and O–H groups in total. The van der Waals surface area contributed by atoms with E-state index in [1.54, 1.807) is 12.4 Å². The molecular weight excluding hydrogens is 236 g/mol. The summed E-state index contributed by atoms with van der Waals surface area (Å²) in [7, 11) is 0. The van der Waals surface area contributed by atoms with Crippen LogP contribution in [0, 0.1) is 11.3 Å². The van der Waals surface area contributed by atoms with E-state index in [0.717, 1.165) is 27.8 Å². The number of anilines is 2. The first-order valence-corrected chi connectivity index (χ1v) is 6.01. The van der Waals surface area contributed by atoms with E-state index in [0.29, 0.717) is 6.42 Å². The Balaban J connectivity index is 2.00. The highest BCUT2D eigenvalue weighted by atomic mass is 14.9. The molecule has 1 aromatic carbocycles. The topological polar surface area (TPSA) is 64.5 Å². The molecule has 0 bridgehead atoms. The third-order valence-corrected chi connectivity index (χ3v) is 3.03. The summed E-state index contributed by atoms with van der Waals surface area (Å²) in [4.78, 5) is 7.27. The molecule has 4 heteroatoms. The van der Waals surface area contributed by atoms with E-state index in [2.05, 4.69) is 27.4 Å². The van der Waals surface area contributed by atoms with Crippen molar-refractivity contribution >= 4 is 22.3 Å². The first-order chi connectivity index (χ1) is 9.38. The maximum atomic E-state index is 8.83. The zero-order chi connectivity index (χ0) is 13.1. The zero-order valence-corrected chi connectivity index (χ0v) is 10.2. The quantitative estimate of drug-likeness (QED) is 0.746. The van der Waals surface area contributed by atoms with Gasteiger partial charge in [0.05, 0.1) is 18.2 Å². The van der Waals surface area contributed by atoms with E-state index >= 15 is 0 Å². The summed E-state index contributed by atoms with van der Waals surface area (Å²) in [5, 5.41) is 13.3. The second-order valence-electron chi connectivity index (χ2n) is 4.24. The van der Waals surface area contributed by atoms with Crippen molar-refractivity contribution in [3.8, 4) is 6.07 Å². The molecule has 2 heterocycles. The Morgan fingerprint density at radius 1 is 1.21 bits per heavy atom. The lowest BCUT2D eigenvalue weighted by atomic mass is 10.1. The molecule has 0 atom stereocenters. The molecule has 0 spiro atoms. The predicted molar refractivity (Wildman–Crippen MR) is 75.1 cm³/mol. The second kappa shape index (κ2) is 4.83. The fourth-order valence-electron chi connectivity index (χ4n) is 2.10. The fraction of sp³-hybridized carbons (Fsp3) is 0.0667. The van der Waals surface area contributed by atoms with Crippen molar-refractivity contribution in [2.75, 3.05) is 5.32 Å². The molecule has 19 heavy (non-hydrogen) atoms. The van der Waals surface area contributed by atoms with Gasteiger partial charge in [-0.2, -0.15) is 5.26 Å². The van der Waals surface area contributed by atoms with Crippen molar-refractivity contribution in [3.63, 3.8) is 0 Å². The van der Waals surface area contributed by atoms with Crippen molar-refractivity contribution in [2.24, 2.45) is 0 Å². The van der Waals surface area contributed by atoms with Crippen molar-refractivity contribution in [1.82, 2.24) is 9.97 Å². The molecular formula is C15H12N4. The minimum Gasteiger partial charge on any atom is -0.359 e. The lowest BCUT2D eigenvalue weighted by Gasteiger charge is -2.08. The van der Waals surface area contributed by atoms with Gasteiger partial charge >= 0.3 is 0 Å². The summed E-state index contributed by atoms with van der Waals surface area (Å²) in [6, 6.07) is 12.1. The molecule has 3 aromatic rings. The van der Waals surface area contributed by atoms with E-state index in [9.17, 15) is 0 Å². The molecule has 0 fully saturated rings. The molecule has 0 saturated heterocycles. The van der Waals surface area contributed by atoms with Gasteiger partial charge in [-0.3, -0.25) is 4.98 Å². The summed E-state index contributed by atoms with van der Waals surface area (Å²) in [5.41, 5.74) is 3.90. The van der Waals surface area contributed by atoms with Gasteiger partial charge in [0.25, 0.3) is 0 Å². The Hall–Kier alpha value is -2.80. The van der Waals surface area contributed by atoms with Gasteiger partial charge in [-0.05, 0) is 12.1 Å². The highest BCUT2D eigenvalue weighted by Crippen LogP contribution is 2.27. The number of nitrogens with one attached hydrogen (secondary N) is 2. The number of nitriles is 1. The minimum absolute atomic E-state index is 0.346. The van der Waals surface area contributed by atoms with Gasteiger partial charge in [0.15, 0.2) is 0 Å². The number of aromatic amines is 1. The van der Waals surface area contributed by atoms with Crippen molar-refractivity contribution in [3.05, 3.63) is 54.5 Å². The summed E-state index contributed by atoms with van der Waals surface area (Å²) in [5.74, 6) is 0. The smallest absolute Gasteiger partial charge is 0.0671 e. The van der Waals surface area contributed by atoms with Crippen LogP contribution in [0.25, 0.3) is 10.9 Å². The van der Waals surface area contributed by atoms with Crippen LogP contribution in [0.1, 0.15) is 5.56 Å². The van der Waals surface area contributed by atoms with E-state index < -0.39 is 0 Å². The van der Waals surface area contributed by atoms with Crippen molar-refractivity contribution in [1.29, 1.82) is 5.26 Å². The highest BCUT2D eigenvalue weighted by molar-refractivity contribution is 5.94. The molecule has 0 radical (unpaired) electrons. The lowest BCUT2D eigenvalue weighted by Crippen LogP contribution is -1.95. The van der Waals surface area contributed by atoms with Crippen LogP contribution in [0.15, 0.2) is 48.9 Å². The molecule has 4 nitrogen and oxygen atoms in total. The van der Waals surface area contributed by atoms with Crippen molar-refractivity contribution < 1.29 is 0 Å². The van der Waals surface area contributed by atoms with Crippen LogP contribution in [-0.2, 0) is 6.42 Å². The Morgan fingerprint density at radius 2 is 2.11 bits per heavy atom. The Labute approximate surface area is 110 Å². The standard InChI is InChI=1S/C15H12N4/c16-7-5-11-9-17-8-6-13(11)19-15-10-18-14-4-2-1-3-12(14)15/h1-4,6,8-10,18H,5H2,(H,17,19). The molecule has 0 unspecified atom stereocenters. The number of rotatable bonds is 3. The second-order valence-corrected chi connectivity index (χ2v) is 4.24. The average Bonchev–Trinajstić information content (AvgIpc) is 2.85. The predicted octanol–water partition coefficient (Wildman–Crippen LogP) is 3.37. The van der Waals surface area contributed by atoms with Crippen LogP contribution in [-0.4, -0.2) is 9.97 Å². The molecule has 0 aliphatic heterocycles. The van der Waals surface area contributed by atoms with Gasteiger partial charge in [-0.25, -0.2) is 0 Å². The molecule has 0 saturated carbocycles. The van der Waals surface area contributed by atoms with Gasteiger partial charge in [0, 0.05) is 40.7 Å². The van der Waals surface area contributed by atoms with Gasteiger partial charge in [0.1, 0.15) is 0 Å². The number of H-pyrrole nitrogens is 1. The number of aromatic nitrogens is 2. The minimum atomic E-state index is 0.346. The lowest BCUT2D eigenvalue weighted by molar-refractivity contribution is 1.19. The highest BCUT2D eigenvalue weighted by Gasteiger charge is 2.06. The van der Waals surface area contributed by atoms with Crippen LogP contribution < -0.4 is 5.32 Å². The van der Waals surface area contributed by atoms with Gasteiger partial charge in [-0.1, -0.05) is 18.2 Å². The molecule has 92 valence electrons. The fourth-order valence-corrected chi connectivity index (χ4v) is 2.10. The molecule has 0 amide bonds. The van der Waals surface area contributed by atoms with Gasteiger partial charge in [-0.15, -0.1) is 0 Å². The number of pyridine rings is 1. The Morgan fingerprint density at radius 3 is 3.00 bits per heavy atom. The van der Waals surface area contributed by atoms with Gasteiger partial charge < -0.3 is 10.3 Å². The van der Waals surface area contributed by atoms with Crippen molar-refractivity contribution in [2.45, 2.75) is 6.42 Å². The summed E-state index contributed by atoms with van der Waals surface area (Å²) in [6.45, 7) is 0. The van der Waals surface area contributed by atoms with E-state index in [1.165, 1.54) is 0 Å². The van der Waals surface area contributed by atoms with E-state index in [-0.39, 0.29) is 0 Å². The number of benzene rings is 1. The monoisotopic (exact) mass is 248 g/mol. The van der Waals surface area contributed by atoms with Crippen LogP contribution in [0.3, 0.4) is 0 Å². The number of nitrogens with zero attached hydrogens (tertiary/aromatic N) is 2. The summed E-state index contributed by atoms with van der Waals surface area (Å²) >= 11 is 0. The average molecular weight is 248 g/mol. The number of fused-ring (bicyclic) bond motifs is 1. The van der Waals surface area contributed by atoms with Crippen LogP contribution >= 0.6 is 0 Å². The summed E-state index contributed by atoms with van der Waals surface area (Å²) in [6.07, 6.45) is 5.72. The van der Waals surface area contributed by atoms with E-state index in [1.807, 2.05) is 30.5 Å².